The number of carbonyl (C=O) groups is 1. The Kier molecular flexibility index (Phi) is 4.06. The largest absolute Gasteiger partial charge is 0.369 e. The number of carbonyl (C=O) groups excluding carboxylic acids is 1. The monoisotopic (exact) mass is 295 g/mol. The molecule has 0 unspecified atom stereocenters. The molecule has 100 valence electrons. The minimum atomic E-state index is -0.445. The number of nitrogens with two attached hydrogens (primary N) is 1. The molecule has 0 fully saturated rings. The zero-order chi connectivity index (χ0) is 14.0. The summed E-state index contributed by atoms with van der Waals surface area (Å²) < 4.78 is 2.12. The van der Waals surface area contributed by atoms with Crippen LogP contribution in [0.4, 0.5) is 0 Å². The van der Waals surface area contributed by atoms with Crippen molar-refractivity contribution in [1.82, 2.24) is 9.55 Å². The van der Waals surface area contributed by atoms with Gasteiger partial charge in [0.05, 0.1) is 10.8 Å². The van der Waals surface area contributed by atoms with Crippen molar-refractivity contribution in [1.29, 1.82) is 0 Å². The van der Waals surface area contributed by atoms with E-state index >= 15 is 0 Å². The van der Waals surface area contributed by atoms with E-state index in [1.807, 2.05) is 5.38 Å². The number of thioether (sulfide) groups is 1. The molecule has 0 aliphatic rings. The second-order valence-electron chi connectivity index (χ2n) is 3.90. The number of nitrogens with zero attached hydrogens (tertiary/aromatic N) is 2. The minimum Gasteiger partial charge on any atom is -0.369 e. The number of rotatable bonds is 5. The Balaban J connectivity index is 2.56. The van der Waals surface area contributed by atoms with Crippen molar-refractivity contribution in [2.45, 2.75) is 23.9 Å². The summed E-state index contributed by atoms with van der Waals surface area (Å²) in [5, 5.41) is 1.87. The standard InChI is InChI=1S/C12H13N3O2S2/c1-3-5-15-11(17)9-8(4-6-18-9)14-12(15)19-7(2)10(13)16/h3-4,6-7H,1,5H2,2H3,(H2,13,16)/t7-/m1/s1. The average molecular weight is 295 g/mol. The highest BCUT2D eigenvalue weighted by atomic mass is 32.2. The number of fused-ring (bicyclic) bond motifs is 1. The summed E-state index contributed by atoms with van der Waals surface area (Å²) in [6.45, 7) is 5.68. The molecule has 7 heteroatoms. The molecule has 0 aliphatic heterocycles. The third-order valence-electron chi connectivity index (χ3n) is 2.53. The van der Waals surface area contributed by atoms with Gasteiger partial charge in [-0.05, 0) is 18.4 Å². The van der Waals surface area contributed by atoms with E-state index in [9.17, 15) is 9.59 Å². The first-order valence-corrected chi connectivity index (χ1v) is 7.35. The van der Waals surface area contributed by atoms with Crippen LogP contribution in [0.1, 0.15) is 6.92 Å². The lowest BCUT2D eigenvalue weighted by Crippen LogP contribution is -2.26. The van der Waals surface area contributed by atoms with Crippen LogP contribution in [-0.2, 0) is 11.3 Å². The topological polar surface area (TPSA) is 78.0 Å². The molecule has 1 amide bonds. The number of hydrogen-bond acceptors (Lipinski definition) is 5. The summed E-state index contributed by atoms with van der Waals surface area (Å²) in [5.74, 6) is -0.435. The Labute approximate surface area is 118 Å². The number of hydrogen-bond donors (Lipinski definition) is 1. The van der Waals surface area contributed by atoms with E-state index in [1.54, 1.807) is 19.1 Å². The highest BCUT2D eigenvalue weighted by Crippen LogP contribution is 2.24. The van der Waals surface area contributed by atoms with E-state index < -0.39 is 11.2 Å². The number of thiophene rings is 1. The van der Waals surface area contributed by atoms with Gasteiger partial charge in [0.2, 0.25) is 5.91 Å². The van der Waals surface area contributed by atoms with E-state index in [2.05, 4.69) is 11.6 Å². The summed E-state index contributed by atoms with van der Waals surface area (Å²) >= 11 is 2.54. The molecule has 0 spiro atoms. The Morgan fingerprint density at radius 1 is 1.74 bits per heavy atom. The molecule has 19 heavy (non-hydrogen) atoms. The van der Waals surface area contributed by atoms with Gasteiger partial charge < -0.3 is 5.73 Å². The van der Waals surface area contributed by atoms with Crippen molar-refractivity contribution in [3.63, 3.8) is 0 Å². The lowest BCUT2D eigenvalue weighted by Gasteiger charge is -2.12. The van der Waals surface area contributed by atoms with Gasteiger partial charge in [-0.1, -0.05) is 17.8 Å². The molecule has 0 bridgehead atoms. The van der Waals surface area contributed by atoms with Crippen molar-refractivity contribution < 1.29 is 4.79 Å². The van der Waals surface area contributed by atoms with Crippen molar-refractivity contribution >= 4 is 39.2 Å². The molecule has 2 heterocycles. The smallest absolute Gasteiger partial charge is 0.272 e. The number of amides is 1. The normalized spacial score (nSPS) is 12.5. The molecule has 5 nitrogen and oxygen atoms in total. The third-order valence-corrected chi connectivity index (χ3v) is 4.53. The molecule has 0 aliphatic carbocycles. The quantitative estimate of drug-likeness (QED) is 0.516. The predicted molar refractivity (Wildman–Crippen MR) is 78.6 cm³/mol. The fraction of sp³-hybridized carbons (Fsp3) is 0.250. The Hall–Kier alpha value is -1.60. The molecular formula is C12H13N3O2S2. The summed E-state index contributed by atoms with van der Waals surface area (Å²) in [6.07, 6.45) is 1.63. The molecule has 2 aromatic heterocycles. The second-order valence-corrected chi connectivity index (χ2v) is 6.12. The van der Waals surface area contributed by atoms with Crippen LogP contribution < -0.4 is 11.3 Å². The van der Waals surface area contributed by atoms with E-state index in [-0.39, 0.29) is 5.56 Å². The Morgan fingerprint density at radius 2 is 2.47 bits per heavy atom. The van der Waals surface area contributed by atoms with Gasteiger partial charge in [0.15, 0.2) is 5.16 Å². The van der Waals surface area contributed by atoms with E-state index in [4.69, 9.17) is 5.73 Å². The maximum Gasteiger partial charge on any atom is 0.272 e. The molecule has 1 atom stereocenters. The highest BCUT2D eigenvalue weighted by molar-refractivity contribution is 8.00. The second kappa shape index (κ2) is 5.58. The molecule has 2 rings (SSSR count). The maximum atomic E-state index is 12.3. The lowest BCUT2D eigenvalue weighted by atomic mass is 10.4. The molecular weight excluding hydrogens is 282 g/mol. The maximum absolute atomic E-state index is 12.3. The van der Waals surface area contributed by atoms with Crippen molar-refractivity contribution in [2.24, 2.45) is 5.73 Å². The molecule has 0 aromatic carbocycles. The van der Waals surface area contributed by atoms with Gasteiger partial charge in [0, 0.05) is 6.54 Å². The summed E-state index contributed by atoms with van der Waals surface area (Å²) in [4.78, 5) is 27.9. The lowest BCUT2D eigenvalue weighted by molar-refractivity contribution is -0.117. The summed E-state index contributed by atoms with van der Waals surface area (Å²) in [7, 11) is 0. The summed E-state index contributed by atoms with van der Waals surface area (Å²) in [6, 6.07) is 1.79. The fourth-order valence-corrected chi connectivity index (χ4v) is 3.17. The highest BCUT2D eigenvalue weighted by Gasteiger charge is 2.17. The minimum absolute atomic E-state index is 0.112. The first-order chi connectivity index (χ1) is 9.04. The van der Waals surface area contributed by atoms with E-state index in [0.717, 1.165) is 0 Å². The SMILES string of the molecule is C=CCn1c(S[C@H](C)C(N)=O)nc2ccsc2c1=O. The Morgan fingerprint density at radius 3 is 3.11 bits per heavy atom. The van der Waals surface area contributed by atoms with Crippen LogP contribution in [0.5, 0.6) is 0 Å². The number of aromatic nitrogens is 2. The van der Waals surface area contributed by atoms with Gasteiger partial charge in [0.1, 0.15) is 4.70 Å². The number of allylic oxidation sites excluding steroid dienone is 1. The zero-order valence-electron chi connectivity index (χ0n) is 10.3. The van der Waals surface area contributed by atoms with Gasteiger partial charge in [-0.3, -0.25) is 14.2 Å². The Bertz CT molecular complexity index is 690. The van der Waals surface area contributed by atoms with Crippen LogP contribution in [-0.4, -0.2) is 20.7 Å². The van der Waals surface area contributed by atoms with Crippen molar-refractivity contribution in [3.8, 4) is 0 Å². The van der Waals surface area contributed by atoms with Gasteiger partial charge in [-0.2, -0.15) is 0 Å². The van der Waals surface area contributed by atoms with Crippen LogP contribution in [0.15, 0.2) is 34.1 Å². The summed E-state index contributed by atoms with van der Waals surface area (Å²) in [5.41, 5.74) is 5.78. The van der Waals surface area contributed by atoms with Crippen LogP contribution in [0.3, 0.4) is 0 Å². The first kappa shape index (κ1) is 13.8. The van der Waals surface area contributed by atoms with E-state index in [1.165, 1.54) is 27.7 Å². The van der Waals surface area contributed by atoms with Crippen LogP contribution in [0.25, 0.3) is 10.2 Å². The first-order valence-electron chi connectivity index (χ1n) is 5.59. The van der Waals surface area contributed by atoms with Crippen LogP contribution >= 0.6 is 23.1 Å². The molecule has 0 saturated carbocycles. The molecule has 0 saturated heterocycles. The van der Waals surface area contributed by atoms with Crippen LogP contribution in [0.2, 0.25) is 0 Å². The molecule has 2 aromatic rings. The number of primary amides is 1. The average Bonchev–Trinajstić information content (AvgIpc) is 2.82. The molecule has 0 radical (unpaired) electrons. The van der Waals surface area contributed by atoms with Gasteiger partial charge in [0.25, 0.3) is 5.56 Å². The van der Waals surface area contributed by atoms with Crippen molar-refractivity contribution in [3.05, 3.63) is 34.5 Å². The van der Waals surface area contributed by atoms with Crippen molar-refractivity contribution in [2.75, 3.05) is 0 Å². The van der Waals surface area contributed by atoms with Crippen LogP contribution in [0, 0.1) is 0 Å². The zero-order valence-corrected chi connectivity index (χ0v) is 12.0. The van der Waals surface area contributed by atoms with E-state index in [0.29, 0.717) is 21.9 Å². The predicted octanol–water partition coefficient (Wildman–Crippen LogP) is 1.61. The van der Waals surface area contributed by atoms with Gasteiger partial charge in [-0.25, -0.2) is 4.98 Å². The fourth-order valence-electron chi connectivity index (χ4n) is 1.52. The van der Waals surface area contributed by atoms with Gasteiger partial charge >= 0.3 is 0 Å². The third kappa shape index (κ3) is 2.71. The molecule has 2 N–H and O–H groups in total. The van der Waals surface area contributed by atoms with Gasteiger partial charge in [-0.15, -0.1) is 17.9 Å².